The van der Waals surface area contributed by atoms with Crippen LogP contribution in [0.1, 0.15) is 22.5 Å². The molecule has 3 aromatic rings. The Morgan fingerprint density at radius 2 is 1.50 bits per heavy atom. The second kappa shape index (κ2) is 8.49. The summed E-state index contributed by atoms with van der Waals surface area (Å²) in [4.78, 5) is 24.1. The number of halogens is 1. The maximum atomic E-state index is 12.0. The second-order valence-corrected chi connectivity index (χ2v) is 6.45. The van der Waals surface area contributed by atoms with Gasteiger partial charge in [0.15, 0.2) is 10.4 Å². The van der Waals surface area contributed by atoms with Crippen molar-refractivity contribution in [3.05, 3.63) is 82.7 Å². The first-order chi connectivity index (χ1) is 12.6. The van der Waals surface area contributed by atoms with Gasteiger partial charge in [0.05, 0.1) is 0 Å². The molecule has 0 atom stereocenters. The lowest BCUT2D eigenvalue weighted by Crippen LogP contribution is -2.13. The highest BCUT2D eigenvalue weighted by atomic mass is 79.9. The van der Waals surface area contributed by atoms with Crippen LogP contribution in [0.4, 0.5) is 11.4 Å². The molecular weight excluding hydrogens is 396 g/mol. The lowest BCUT2D eigenvalue weighted by Gasteiger charge is -2.07. The monoisotopic (exact) mass is 412 g/mol. The fourth-order valence-electron chi connectivity index (χ4n) is 2.39. The summed E-state index contributed by atoms with van der Waals surface area (Å²) in [6.07, 6.45) is 1.11. The van der Waals surface area contributed by atoms with Gasteiger partial charge in [-0.2, -0.15) is 0 Å². The molecule has 0 fully saturated rings. The lowest BCUT2D eigenvalue weighted by atomic mass is 10.1. The van der Waals surface area contributed by atoms with Crippen molar-refractivity contribution in [1.82, 2.24) is 0 Å². The Hall–Kier alpha value is -2.86. The number of amides is 2. The highest BCUT2D eigenvalue weighted by molar-refractivity contribution is 9.10. The zero-order chi connectivity index (χ0) is 18.4. The van der Waals surface area contributed by atoms with Gasteiger partial charge in [-0.1, -0.05) is 30.3 Å². The van der Waals surface area contributed by atoms with Gasteiger partial charge < -0.3 is 15.1 Å². The Morgan fingerprint density at radius 1 is 0.846 bits per heavy atom. The molecule has 1 heterocycles. The minimum Gasteiger partial charge on any atom is -0.444 e. The van der Waals surface area contributed by atoms with Crippen molar-refractivity contribution < 1.29 is 14.0 Å². The van der Waals surface area contributed by atoms with Crippen molar-refractivity contribution in [2.75, 3.05) is 10.6 Å². The molecule has 5 nitrogen and oxygen atoms in total. The first-order valence-corrected chi connectivity index (χ1v) is 8.90. The van der Waals surface area contributed by atoms with E-state index in [0.717, 1.165) is 5.56 Å². The molecule has 2 amide bonds. The first kappa shape index (κ1) is 17.9. The number of carbonyl (C=O) groups is 2. The van der Waals surface area contributed by atoms with Crippen LogP contribution in [-0.2, 0) is 11.2 Å². The van der Waals surface area contributed by atoms with Crippen molar-refractivity contribution in [2.45, 2.75) is 12.8 Å². The average Bonchev–Trinajstić information content (AvgIpc) is 3.09. The molecule has 0 saturated heterocycles. The van der Waals surface area contributed by atoms with Gasteiger partial charge in [0, 0.05) is 17.8 Å². The molecule has 26 heavy (non-hydrogen) atoms. The third-order valence-electron chi connectivity index (χ3n) is 3.71. The van der Waals surface area contributed by atoms with E-state index < -0.39 is 0 Å². The van der Waals surface area contributed by atoms with E-state index in [2.05, 4.69) is 26.6 Å². The van der Waals surface area contributed by atoms with Crippen molar-refractivity contribution in [3.63, 3.8) is 0 Å². The van der Waals surface area contributed by atoms with E-state index >= 15 is 0 Å². The van der Waals surface area contributed by atoms with Gasteiger partial charge in [-0.05, 0) is 64.3 Å². The number of benzene rings is 2. The fraction of sp³-hybridized carbons (Fsp3) is 0.100. The molecule has 0 aliphatic carbocycles. The lowest BCUT2D eigenvalue weighted by molar-refractivity contribution is -0.116. The van der Waals surface area contributed by atoms with Gasteiger partial charge in [-0.15, -0.1) is 0 Å². The van der Waals surface area contributed by atoms with Crippen molar-refractivity contribution in [1.29, 1.82) is 0 Å². The number of rotatable bonds is 6. The Bertz CT molecular complexity index is 889. The van der Waals surface area contributed by atoms with Crippen LogP contribution in [0, 0.1) is 0 Å². The molecule has 1 aromatic heterocycles. The van der Waals surface area contributed by atoms with Crippen LogP contribution in [0.2, 0.25) is 0 Å². The van der Waals surface area contributed by atoms with Gasteiger partial charge in [0.2, 0.25) is 5.91 Å². The van der Waals surface area contributed by atoms with E-state index in [1.807, 2.05) is 30.3 Å². The molecule has 3 rings (SSSR count). The van der Waals surface area contributed by atoms with Crippen LogP contribution in [0.25, 0.3) is 0 Å². The van der Waals surface area contributed by atoms with Crippen LogP contribution in [0.5, 0.6) is 0 Å². The Morgan fingerprint density at radius 3 is 2.12 bits per heavy atom. The van der Waals surface area contributed by atoms with E-state index in [-0.39, 0.29) is 17.6 Å². The molecule has 0 spiro atoms. The second-order valence-electron chi connectivity index (χ2n) is 5.67. The first-order valence-electron chi connectivity index (χ1n) is 8.11. The van der Waals surface area contributed by atoms with Gasteiger partial charge in [0.25, 0.3) is 5.91 Å². The van der Waals surface area contributed by atoms with Gasteiger partial charge in [-0.3, -0.25) is 9.59 Å². The Balaban J connectivity index is 1.51. The van der Waals surface area contributed by atoms with Crippen molar-refractivity contribution in [3.8, 4) is 0 Å². The minimum atomic E-state index is -0.338. The molecule has 132 valence electrons. The van der Waals surface area contributed by atoms with E-state index in [0.29, 0.717) is 28.9 Å². The van der Waals surface area contributed by atoms with Crippen LogP contribution in [0.15, 0.2) is 75.8 Å². The molecule has 0 aliphatic heterocycles. The number of aryl methyl sites for hydroxylation is 1. The maximum Gasteiger partial charge on any atom is 0.291 e. The van der Waals surface area contributed by atoms with Gasteiger partial charge in [-0.25, -0.2) is 0 Å². The quantitative estimate of drug-likeness (QED) is 0.606. The zero-order valence-corrected chi connectivity index (χ0v) is 15.5. The zero-order valence-electron chi connectivity index (χ0n) is 13.9. The smallest absolute Gasteiger partial charge is 0.291 e. The number of carbonyl (C=O) groups excluding carboxylic acids is 2. The number of hydrogen-bond acceptors (Lipinski definition) is 3. The highest BCUT2D eigenvalue weighted by Crippen LogP contribution is 2.18. The highest BCUT2D eigenvalue weighted by Gasteiger charge is 2.10. The summed E-state index contributed by atoms with van der Waals surface area (Å²) in [6.45, 7) is 0. The summed E-state index contributed by atoms with van der Waals surface area (Å²) in [5, 5.41) is 5.58. The van der Waals surface area contributed by atoms with E-state index in [1.165, 1.54) is 0 Å². The Kier molecular flexibility index (Phi) is 5.86. The molecule has 6 heteroatoms. The molecule has 0 radical (unpaired) electrons. The third kappa shape index (κ3) is 5.07. The topological polar surface area (TPSA) is 71.3 Å². The largest absolute Gasteiger partial charge is 0.444 e. The van der Waals surface area contributed by atoms with Crippen LogP contribution >= 0.6 is 15.9 Å². The number of nitrogens with one attached hydrogen (secondary N) is 2. The summed E-state index contributed by atoms with van der Waals surface area (Å²) in [5.74, 6) is -0.170. The number of hydrogen-bond donors (Lipinski definition) is 2. The molecule has 0 saturated carbocycles. The van der Waals surface area contributed by atoms with Crippen molar-refractivity contribution in [2.24, 2.45) is 0 Å². The SMILES string of the molecule is O=C(CCc1ccccc1)Nc1ccc(NC(=O)c2ccc(Br)o2)cc1. The van der Waals surface area contributed by atoms with E-state index in [1.54, 1.807) is 36.4 Å². The predicted molar refractivity (Wildman–Crippen MR) is 104 cm³/mol. The van der Waals surface area contributed by atoms with Crippen molar-refractivity contribution >= 4 is 39.1 Å². The number of furan rings is 1. The van der Waals surface area contributed by atoms with Crippen LogP contribution in [-0.4, -0.2) is 11.8 Å². The van der Waals surface area contributed by atoms with E-state index in [4.69, 9.17) is 4.42 Å². The fourth-order valence-corrected chi connectivity index (χ4v) is 2.70. The van der Waals surface area contributed by atoms with Crippen LogP contribution in [0.3, 0.4) is 0 Å². The molecule has 0 unspecified atom stereocenters. The molecule has 2 aromatic carbocycles. The van der Waals surface area contributed by atoms with Gasteiger partial charge in [0.1, 0.15) is 0 Å². The summed E-state index contributed by atoms with van der Waals surface area (Å²) >= 11 is 3.16. The molecular formula is C20H17BrN2O3. The average molecular weight is 413 g/mol. The molecule has 2 N–H and O–H groups in total. The third-order valence-corrected chi connectivity index (χ3v) is 4.13. The normalized spacial score (nSPS) is 10.3. The minimum absolute atomic E-state index is 0.0499. The van der Waals surface area contributed by atoms with Crippen LogP contribution < -0.4 is 10.6 Å². The standard InChI is InChI=1S/C20H17BrN2O3/c21-18-12-11-17(26-18)20(25)23-16-9-7-15(8-10-16)22-19(24)13-6-14-4-2-1-3-5-14/h1-5,7-12H,6,13H2,(H,22,24)(H,23,25). The summed E-state index contributed by atoms with van der Waals surface area (Å²) in [6, 6.07) is 20.1. The van der Waals surface area contributed by atoms with Gasteiger partial charge >= 0.3 is 0 Å². The van der Waals surface area contributed by atoms with E-state index in [9.17, 15) is 9.59 Å². The number of anilines is 2. The maximum absolute atomic E-state index is 12.0. The molecule has 0 aliphatic rings. The molecule has 0 bridgehead atoms. The summed E-state index contributed by atoms with van der Waals surface area (Å²) in [5.41, 5.74) is 2.43. The summed E-state index contributed by atoms with van der Waals surface area (Å²) in [7, 11) is 0. The summed E-state index contributed by atoms with van der Waals surface area (Å²) < 4.78 is 5.70. The predicted octanol–water partition coefficient (Wildman–Crippen LogP) is 4.87. The Labute approximate surface area is 159 Å².